The van der Waals surface area contributed by atoms with Crippen LogP contribution in [0.25, 0.3) is 0 Å². The van der Waals surface area contributed by atoms with Crippen molar-refractivity contribution in [1.29, 1.82) is 0 Å². The molecular formula is C10H13ClFNO. The van der Waals surface area contributed by atoms with Gasteiger partial charge in [0.05, 0.1) is 5.02 Å². The van der Waals surface area contributed by atoms with Crippen LogP contribution < -0.4 is 5.73 Å². The van der Waals surface area contributed by atoms with Gasteiger partial charge in [0.25, 0.3) is 0 Å². The van der Waals surface area contributed by atoms with Crippen LogP contribution in [0.15, 0.2) is 12.1 Å². The Bertz CT molecular complexity index is 330. The maximum atomic E-state index is 13.0. The lowest BCUT2D eigenvalue weighted by atomic mass is 10.0. The first-order chi connectivity index (χ1) is 6.56. The first-order valence-electron chi connectivity index (χ1n) is 4.49. The Morgan fingerprint density at radius 1 is 1.57 bits per heavy atom. The molecule has 1 unspecified atom stereocenters. The minimum atomic E-state index is -0.477. The zero-order chi connectivity index (χ0) is 10.7. The molecule has 2 nitrogen and oxygen atoms in total. The van der Waals surface area contributed by atoms with E-state index in [2.05, 4.69) is 0 Å². The third-order valence-electron chi connectivity index (χ3n) is 2.06. The molecule has 0 radical (unpaired) electrons. The van der Waals surface area contributed by atoms with E-state index in [4.69, 9.17) is 17.3 Å². The summed E-state index contributed by atoms with van der Waals surface area (Å²) < 4.78 is 13.0. The normalized spacial score (nSPS) is 12.9. The first kappa shape index (κ1) is 11.3. The van der Waals surface area contributed by atoms with Gasteiger partial charge in [-0.2, -0.15) is 0 Å². The Morgan fingerprint density at radius 2 is 2.21 bits per heavy atom. The Hall–Kier alpha value is -0.800. The van der Waals surface area contributed by atoms with E-state index in [1.165, 1.54) is 6.07 Å². The smallest absolute Gasteiger partial charge is 0.139 e. The number of benzene rings is 1. The molecule has 4 heteroatoms. The molecule has 1 aromatic rings. The van der Waals surface area contributed by atoms with Gasteiger partial charge in [-0.05, 0) is 18.6 Å². The van der Waals surface area contributed by atoms with Crippen molar-refractivity contribution in [2.45, 2.75) is 25.8 Å². The largest absolute Gasteiger partial charge is 0.506 e. The van der Waals surface area contributed by atoms with Gasteiger partial charge in [-0.15, -0.1) is 0 Å². The zero-order valence-corrected chi connectivity index (χ0v) is 8.68. The fourth-order valence-electron chi connectivity index (χ4n) is 1.34. The molecule has 1 rings (SSSR count). The molecule has 0 aliphatic heterocycles. The lowest BCUT2D eigenvalue weighted by molar-refractivity contribution is 0.455. The van der Waals surface area contributed by atoms with E-state index in [-0.39, 0.29) is 16.8 Å². The quantitative estimate of drug-likeness (QED) is 0.818. The summed E-state index contributed by atoms with van der Waals surface area (Å²) in [7, 11) is 0. The standard InChI is InChI=1S/C10H13ClFNO/c1-2-3-9(13)7-4-6(12)5-8(11)10(7)14/h4-5,9,14H,2-3,13H2,1H3. The van der Waals surface area contributed by atoms with Gasteiger partial charge in [-0.1, -0.05) is 24.9 Å². The second kappa shape index (κ2) is 4.62. The maximum Gasteiger partial charge on any atom is 0.139 e. The number of aromatic hydroxyl groups is 1. The number of nitrogens with two attached hydrogens (primary N) is 1. The fraction of sp³-hybridized carbons (Fsp3) is 0.400. The average molecular weight is 218 g/mol. The maximum absolute atomic E-state index is 13.0. The third-order valence-corrected chi connectivity index (χ3v) is 2.34. The number of phenols is 1. The number of halogens is 2. The minimum Gasteiger partial charge on any atom is -0.506 e. The number of hydrogen-bond donors (Lipinski definition) is 2. The molecule has 0 amide bonds. The molecule has 1 aromatic carbocycles. The van der Waals surface area contributed by atoms with Gasteiger partial charge in [0.1, 0.15) is 11.6 Å². The van der Waals surface area contributed by atoms with Crippen molar-refractivity contribution in [2.75, 3.05) is 0 Å². The number of hydrogen-bond acceptors (Lipinski definition) is 2. The second-order valence-electron chi connectivity index (χ2n) is 3.22. The van der Waals surface area contributed by atoms with Crippen molar-refractivity contribution in [3.63, 3.8) is 0 Å². The van der Waals surface area contributed by atoms with Gasteiger partial charge in [0.2, 0.25) is 0 Å². The topological polar surface area (TPSA) is 46.2 Å². The highest BCUT2D eigenvalue weighted by molar-refractivity contribution is 6.32. The predicted octanol–water partition coefficient (Wildman–Crippen LogP) is 2.98. The highest BCUT2D eigenvalue weighted by Crippen LogP contribution is 2.33. The summed E-state index contributed by atoms with van der Waals surface area (Å²) in [6.45, 7) is 1.97. The van der Waals surface area contributed by atoms with E-state index in [1.807, 2.05) is 6.92 Å². The van der Waals surface area contributed by atoms with E-state index >= 15 is 0 Å². The van der Waals surface area contributed by atoms with Crippen molar-refractivity contribution >= 4 is 11.6 Å². The van der Waals surface area contributed by atoms with E-state index in [9.17, 15) is 9.50 Å². The first-order valence-corrected chi connectivity index (χ1v) is 4.87. The zero-order valence-electron chi connectivity index (χ0n) is 7.93. The monoisotopic (exact) mass is 217 g/mol. The molecule has 0 aliphatic rings. The molecule has 14 heavy (non-hydrogen) atoms. The Morgan fingerprint density at radius 3 is 2.79 bits per heavy atom. The van der Waals surface area contributed by atoms with E-state index in [1.54, 1.807) is 0 Å². The lowest BCUT2D eigenvalue weighted by Crippen LogP contribution is -2.10. The molecule has 3 N–H and O–H groups in total. The van der Waals surface area contributed by atoms with Crippen LogP contribution in [0.3, 0.4) is 0 Å². The molecule has 0 saturated carbocycles. The van der Waals surface area contributed by atoms with Gasteiger partial charge in [0, 0.05) is 11.6 Å². The Balaban J connectivity index is 3.07. The van der Waals surface area contributed by atoms with Crippen molar-refractivity contribution in [2.24, 2.45) is 5.73 Å². The third kappa shape index (κ3) is 2.36. The average Bonchev–Trinajstić information content (AvgIpc) is 2.11. The molecule has 0 bridgehead atoms. The van der Waals surface area contributed by atoms with E-state index < -0.39 is 5.82 Å². The molecule has 0 saturated heterocycles. The second-order valence-corrected chi connectivity index (χ2v) is 3.63. The summed E-state index contributed by atoms with van der Waals surface area (Å²) in [5, 5.41) is 9.55. The lowest BCUT2D eigenvalue weighted by Gasteiger charge is -2.13. The van der Waals surface area contributed by atoms with E-state index in [0.717, 1.165) is 12.5 Å². The van der Waals surface area contributed by atoms with Crippen molar-refractivity contribution in [3.05, 3.63) is 28.5 Å². The number of phenolic OH excluding ortho intramolecular Hbond substituents is 1. The van der Waals surface area contributed by atoms with Crippen molar-refractivity contribution < 1.29 is 9.50 Å². The van der Waals surface area contributed by atoms with Crippen LogP contribution >= 0.6 is 11.6 Å². The minimum absolute atomic E-state index is 0.00607. The van der Waals surface area contributed by atoms with Gasteiger partial charge in [-0.25, -0.2) is 4.39 Å². The highest BCUT2D eigenvalue weighted by Gasteiger charge is 2.14. The van der Waals surface area contributed by atoms with Crippen LogP contribution in [0.4, 0.5) is 4.39 Å². The summed E-state index contributed by atoms with van der Waals surface area (Å²) in [6, 6.07) is 1.92. The van der Waals surface area contributed by atoms with Crippen LogP contribution in [-0.2, 0) is 0 Å². The summed E-state index contributed by atoms with van der Waals surface area (Å²) in [4.78, 5) is 0. The van der Waals surface area contributed by atoms with Gasteiger partial charge < -0.3 is 10.8 Å². The predicted molar refractivity (Wildman–Crippen MR) is 54.9 cm³/mol. The molecule has 1 atom stereocenters. The molecule has 0 fully saturated rings. The van der Waals surface area contributed by atoms with Crippen molar-refractivity contribution in [3.8, 4) is 5.75 Å². The molecular weight excluding hydrogens is 205 g/mol. The van der Waals surface area contributed by atoms with E-state index in [0.29, 0.717) is 12.0 Å². The van der Waals surface area contributed by atoms with Crippen LogP contribution in [0.2, 0.25) is 5.02 Å². The summed E-state index contributed by atoms with van der Waals surface area (Å²) in [5.74, 6) is -0.594. The summed E-state index contributed by atoms with van der Waals surface area (Å²) in [6.07, 6.45) is 1.56. The van der Waals surface area contributed by atoms with Gasteiger partial charge in [0.15, 0.2) is 0 Å². The van der Waals surface area contributed by atoms with Crippen molar-refractivity contribution in [1.82, 2.24) is 0 Å². The van der Waals surface area contributed by atoms with Crippen LogP contribution in [0.5, 0.6) is 5.75 Å². The Labute approximate surface area is 87.5 Å². The van der Waals surface area contributed by atoms with Gasteiger partial charge >= 0.3 is 0 Å². The molecule has 0 spiro atoms. The van der Waals surface area contributed by atoms with Gasteiger partial charge in [-0.3, -0.25) is 0 Å². The SMILES string of the molecule is CCCC(N)c1cc(F)cc(Cl)c1O. The van der Waals surface area contributed by atoms with Crippen LogP contribution in [0, 0.1) is 5.82 Å². The van der Waals surface area contributed by atoms with Crippen LogP contribution in [-0.4, -0.2) is 5.11 Å². The molecule has 78 valence electrons. The summed E-state index contributed by atoms with van der Waals surface area (Å²) >= 11 is 5.62. The summed E-state index contributed by atoms with van der Waals surface area (Å²) in [5.41, 5.74) is 6.13. The Kier molecular flexibility index (Phi) is 3.72. The number of rotatable bonds is 3. The molecule has 0 aromatic heterocycles. The molecule has 0 aliphatic carbocycles. The fourth-order valence-corrected chi connectivity index (χ4v) is 1.55. The highest BCUT2D eigenvalue weighted by atomic mass is 35.5. The van der Waals surface area contributed by atoms with Crippen LogP contribution in [0.1, 0.15) is 31.4 Å². The molecule has 0 heterocycles.